The van der Waals surface area contributed by atoms with Gasteiger partial charge in [0.05, 0.1) is 0 Å². The molecule has 0 aliphatic rings. The Bertz CT molecular complexity index is 773. The molecule has 1 heterocycles. The molecule has 0 fully saturated rings. The molecule has 0 spiro atoms. The summed E-state index contributed by atoms with van der Waals surface area (Å²) in [5, 5.41) is 4.16. The third-order valence-corrected chi connectivity index (χ3v) is 4.46. The second-order valence-electron chi connectivity index (χ2n) is 6.61. The van der Waals surface area contributed by atoms with Gasteiger partial charge in [-0.25, -0.2) is 0 Å². The molecule has 0 atom stereocenters. The fraction of sp³-hybridized carbons (Fsp3) is 0.409. The summed E-state index contributed by atoms with van der Waals surface area (Å²) in [4.78, 5) is 15.7. The molecule has 1 aromatic carbocycles. The van der Waals surface area contributed by atoms with Crippen LogP contribution >= 0.6 is 0 Å². The highest BCUT2D eigenvalue weighted by Gasteiger charge is 2.08. The van der Waals surface area contributed by atoms with Gasteiger partial charge in [-0.15, -0.1) is 0 Å². The van der Waals surface area contributed by atoms with Crippen LogP contribution in [0.1, 0.15) is 56.8 Å². The maximum atomic E-state index is 11.7. The number of aromatic nitrogens is 1. The third-order valence-electron chi connectivity index (χ3n) is 4.46. The summed E-state index contributed by atoms with van der Waals surface area (Å²) < 4.78 is 5.44. The Morgan fingerprint density at radius 1 is 1.19 bits per heavy atom. The van der Waals surface area contributed by atoms with Gasteiger partial charge in [-0.3, -0.25) is 9.79 Å². The minimum Gasteiger partial charge on any atom is -0.404 e. The van der Waals surface area contributed by atoms with E-state index in [0.29, 0.717) is 18.6 Å². The number of unbranched alkanes of at least 4 members (excludes halogenated alkanes) is 2. The molecule has 0 saturated carbocycles. The van der Waals surface area contributed by atoms with Gasteiger partial charge in [0.2, 0.25) is 0 Å². The second-order valence-corrected chi connectivity index (χ2v) is 6.61. The molecule has 0 radical (unpaired) electrons. The smallest absolute Gasteiger partial charge is 0.137 e. The summed E-state index contributed by atoms with van der Waals surface area (Å²) >= 11 is 0. The van der Waals surface area contributed by atoms with Crippen molar-refractivity contribution in [3.05, 3.63) is 47.9 Å². The van der Waals surface area contributed by atoms with Gasteiger partial charge in [0.1, 0.15) is 17.2 Å². The maximum absolute atomic E-state index is 11.7. The lowest BCUT2D eigenvalue weighted by Gasteiger charge is -2.02. The van der Waals surface area contributed by atoms with Crippen molar-refractivity contribution >= 4 is 17.6 Å². The molecule has 0 saturated heterocycles. The lowest BCUT2D eigenvalue weighted by atomic mass is 10.0. The minimum absolute atomic E-state index is 0.370. The summed E-state index contributed by atoms with van der Waals surface area (Å²) in [6.07, 6.45) is 9.37. The largest absolute Gasteiger partial charge is 0.404 e. The number of benzene rings is 1. The molecular weight excluding hydrogens is 338 g/mol. The van der Waals surface area contributed by atoms with Crippen LogP contribution in [0.5, 0.6) is 0 Å². The predicted octanol–water partition coefficient (Wildman–Crippen LogP) is 4.81. The number of nitrogens with zero attached hydrogens (tertiary/aromatic N) is 2. The summed E-state index contributed by atoms with van der Waals surface area (Å²) in [5.74, 6) is 1.23. The highest BCUT2D eigenvalue weighted by molar-refractivity contribution is 6.09. The first-order chi connectivity index (χ1) is 13.2. The number of rotatable bonds is 11. The van der Waals surface area contributed by atoms with E-state index in [-0.39, 0.29) is 0 Å². The molecule has 0 unspecified atom stereocenters. The minimum atomic E-state index is 0.370. The van der Waals surface area contributed by atoms with E-state index in [1.54, 1.807) is 19.5 Å². The highest BCUT2D eigenvalue weighted by atomic mass is 16.5. The average molecular weight is 367 g/mol. The molecule has 1 aromatic heterocycles. The zero-order valence-corrected chi connectivity index (χ0v) is 16.3. The van der Waals surface area contributed by atoms with Crippen LogP contribution < -0.4 is 5.73 Å². The van der Waals surface area contributed by atoms with Crippen LogP contribution in [0.2, 0.25) is 0 Å². The monoisotopic (exact) mass is 367 g/mol. The number of aryl methyl sites for hydroxylation is 1. The van der Waals surface area contributed by atoms with Gasteiger partial charge in [0.15, 0.2) is 0 Å². The zero-order chi connectivity index (χ0) is 19.5. The highest BCUT2D eigenvalue weighted by Crippen LogP contribution is 2.22. The first-order valence-electron chi connectivity index (χ1n) is 9.60. The number of aliphatic imine (C=N–C) groups is 1. The summed E-state index contributed by atoms with van der Waals surface area (Å²) in [7, 11) is 1.72. The van der Waals surface area contributed by atoms with Crippen LogP contribution in [0.25, 0.3) is 16.8 Å². The van der Waals surface area contributed by atoms with E-state index in [2.05, 4.69) is 17.1 Å². The fourth-order valence-corrected chi connectivity index (χ4v) is 2.87. The Labute approximate surface area is 161 Å². The molecule has 0 aliphatic carbocycles. The molecule has 5 heteroatoms. The van der Waals surface area contributed by atoms with Gasteiger partial charge >= 0.3 is 0 Å². The molecular formula is C22H29N3O2. The summed E-state index contributed by atoms with van der Waals surface area (Å²) in [5.41, 5.74) is 9.33. The van der Waals surface area contributed by atoms with E-state index in [1.807, 2.05) is 30.3 Å². The molecule has 27 heavy (non-hydrogen) atoms. The van der Waals surface area contributed by atoms with E-state index >= 15 is 0 Å². The van der Waals surface area contributed by atoms with Crippen molar-refractivity contribution in [2.45, 2.75) is 51.9 Å². The number of hydrogen-bond donors (Lipinski definition) is 1. The van der Waals surface area contributed by atoms with Crippen molar-refractivity contribution in [2.24, 2.45) is 10.7 Å². The average Bonchev–Trinajstić information content (AvgIpc) is 3.17. The van der Waals surface area contributed by atoms with Gasteiger partial charge in [-0.1, -0.05) is 42.8 Å². The van der Waals surface area contributed by atoms with Crippen LogP contribution in [-0.2, 0) is 11.2 Å². The first kappa shape index (κ1) is 20.6. The number of carbonyl (C=O) groups excluding carboxylic acids is 1. The Kier molecular flexibility index (Phi) is 8.49. The molecule has 2 N–H and O–H groups in total. The Morgan fingerprint density at radius 3 is 2.59 bits per heavy atom. The molecule has 0 bridgehead atoms. The molecule has 2 rings (SSSR count). The summed E-state index contributed by atoms with van der Waals surface area (Å²) in [6.45, 7) is 2.11. The van der Waals surface area contributed by atoms with Crippen LogP contribution in [0.3, 0.4) is 0 Å². The number of carbonyl (C=O) groups is 1. The molecule has 144 valence electrons. The topological polar surface area (TPSA) is 81.5 Å². The second kappa shape index (κ2) is 11.1. The van der Waals surface area contributed by atoms with Crippen molar-refractivity contribution in [1.29, 1.82) is 0 Å². The van der Waals surface area contributed by atoms with E-state index in [0.717, 1.165) is 60.3 Å². The standard InChI is InChI=1S/C22H29N3O2/c1-3-4-7-20(26)8-5-6-9-21-14-22(25-27-21)18-12-10-17(11-13-18)19(15-23)16-24-2/h10-16H,3-9,23H2,1-2H3/b19-15+,24-16?. The van der Waals surface area contributed by atoms with Crippen molar-refractivity contribution < 1.29 is 9.32 Å². The van der Waals surface area contributed by atoms with E-state index < -0.39 is 0 Å². The number of hydrogen-bond acceptors (Lipinski definition) is 5. The third kappa shape index (κ3) is 6.51. The Morgan fingerprint density at radius 2 is 1.93 bits per heavy atom. The zero-order valence-electron chi connectivity index (χ0n) is 16.3. The number of nitrogens with two attached hydrogens (primary N) is 1. The number of allylic oxidation sites excluding steroid dienone is 1. The molecule has 0 aliphatic heterocycles. The van der Waals surface area contributed by atoms with Gasteiger partial charge in [0.25, 0.3) is 0 Å². The molecule has 2 aromatic rings. The SMILES string of the molecule is CCCCC(=O)CCCCc1cc(-c2ccc(/C(C=NC)=C/N)cc2)no1. The lowest BCUT2D eigenvalue weighted by Crippen LogP contribution is -1.97. The Balaban J connectivity index is 1.87. The van der Waals surface area contributed by atoms with Crippen molar-refractivity contribution in [2.75, 3.05) is 7.05 Å². The number of Topliss-reactive ketones (excluding diaryl/α,β-unsaturated/α-hetero) is 1. The predicted molar refractivity (Wildman–Crippen MR) is 111 cm³/mol. The van der Waals surface area contributed by atoms with E-state index in [1.165, 1.54) is 0 Å². The van der Waals surface area contributed by atoms with Crippen LogP contribution in [0, 0.1) is 0 Å². The molecule has 5 nitrogen and oxygen atoms in total. The molecule has 0 amide bonds. The van der Waals surface area contributed by atoms with Gasteiger partial charge < -0.3 is 10.3 Å². The first-order valence-corrected chi connectivity index (χ1v) is 9.60. The lowest BCUT2D eigenvalue weighted by molar-refractivity contribution is -0.119. The van der Waals surface area contributed by atoms with Crippen LogP contribution in [-0.4, -0.2) is 24.2 Å². The normalized spacial score (nSPS) is 12.0. The van der Waals surface area contributed by atoms with Crippen LogP contribution in [0.15, 0.2) is 46.0 Å². The number of ketones is 1. The van der Waals surface area contributed by atoms with Gasteiger partial charge in [-0.05, 0) is 24.8 Å². The Hall–Kier alpha value is -2.69. The van der Waals surface area contributed by atoms with Crippen LogP contribution in [0.4, 0.5) is 0 Å². The van der Waals surface area contributed by atoms with E-state index in [9.17, 15) is 4.79 Å². The van der Waals surface area contributed by atoms with E-state index in [4.69, 9.17) is 10.3 Å². The van der Waals surface area contributed by atoms with Crippen molar-refractivity contribution in [3.8, 4) is 11.3 Å². The summed E-state index contributed by atoms with van der Waals surface area (Å²) in [6, 6.07) is 9.95. The van der Waals surface area contributed by atoms with Crippen molar-refractivity contribution in [1.82, 2.24) is 5.16 Å². The quantitative estimate of drug-likeness (QED) is 0.456. The van der Waals surface area contributed by atoms with Crippen molar-refractivity contribution in [3.63, 3.8) is 0 Å². The van der Waals surface area contributed by atoms with Gasteiger partial charge in [0, 0.05) is 55.9 Å². The fourth-order valence-electron chi connectivity index (χ4n) is 2.87. The maximum Gasteiger partial charge on any atom is 0.137 e. The van der Waals surface area contributed by atoms with Gasteiger partial charge in [-0.2, -0.15) is 0 Å².